The molecule has 3 aliphatic rings. The average Bonchev–Trinajstić information content (AvgIpc) is 3.54. The fourth-order valence-electron chi connectivity index (χ4n) is 8.03. The van der Waals surface area contributed by atoms with Gasteiger partial charge in [-0.15, -0.1) is 0 Å². The summed E-state index contributed by atoms with van der Waals surface area (Å²) in [6.45, 7) is 5.97. The fraction of sp³-hybridized carbons (Fsp3) is 0.514. The van der Waals surface area contributed by atoms with Gasteiger partial charge >= 0.3 is 0 Å². The first-order valence-corrected chi connectivity index (χ1v) is 16.9. The maximum absolute atomic E-state index is 13.9. The van der Waals surface area contributed by atoms with Gasteiger partial charge in [-0.3, -0.25) is 14.7 Å². The molecule has 248 valence electrons. The van der Waals surface area contributed by atoms with Crippen LogP contribution in [0.3, 0.4) is 0 Å². The number of hydrogen-bond acceptors (Lipinski definition) is 10. The number of carbonyl (C=O) groups excluding carboxylic acids is 1. The zero-order valence-electron chi connectivity index (χ0n) is 27.5. The molecular formula is C35H45N9O3. The monoisotopic (exact) mass is 639 g/mol. The minimum absolute atomic E-state index is 0.0321. The Kier molecular flexibility index (Phi) is 8.96. The average molecular weight is 640 g/mol. The van der Waals surface area contributed by atoms with Gasteiger partial charge in [0.15, 0.2) is 17.1 Å². The number of methoxy groups -OCH3 is 2. The minimum atomic E-state index is -0.114. The predicted octanol–water partition coefficient (Wildman–Crippen LogP) is 3.23. The van der Waals surface area contributed by atoms with E-state index in [4.69, 9.17) is 15.2 Å². The molecule has 47 heavy (non-hydrogen) atoms. The lowest BCUT2D eigenvalue weighted by molar-refractivity contribution is -0.138. The van der Waals surface area contributed by atoms with Crippen molar-refractivity contribution in [2.45, 2.75) is 50.6 Å². The Hall–Kier alpha value is -4.29. The second-order valence-electron chi connectivity index (χ2n) is 12.9. The highest BCUT2D eigenvalue weighted by Crippen LogP contribution is 2.50. The maximum Gasteiger partial charge on any atom is 0.225 e. The van der Waals surface area contributed by atoms with E-state index in [0.29, 0.717) is 26.2 Å². The van der Waals surface area contributed by atoms with E-state index in [1.54, 1.807) is 26.7 Å². The molecule has 0 unspecified atom stereocenters. The Morgan fingerprint density at radius 1 is 1.00 bits per heavy atom. The number of hydrogen-bond donors (Lipinski definition) is 1. The van der Waals surface area contributed by atoms with Gasteiger partial charge in [0.2, 0.25) is 5.91 Å². The van der Waals surface area contributed by atoms with E-state index in [1.807, 2.05) is 29.1 Å². The molecule has 1 spiro atoms. The lowest BCUT2D eigenvalue weighted by Gasteiger charge is -2.52. The molecule has 1 amide bonds. The molecule has 1 aromatic carbocycles. The molecule has 1 saturated carbocycles. The number of pyridine rings is 1. The van der Waals surface area contributed by atoms with Gasteiger partial charge < -0.3 is 25.0 Å². The number of rotatable bonds is 9. The summed E-state index contributed by atoms with van der Waals surface area (Å²) in [6.07, 6.45) is 10.8. The summed E-state index contributed by atoms with van der Waals surface area (Å²) in [6, 6.07) is 10.2. The first-order chi connectivity index (χ1) is 23.0. The Bertz CT molecular complexity index is 1700. The van der Waals surface area contributed by atoms with E-state index in [9.17, 15) is 4.79 Å². The molecule has 0 atom stereocenters. The molecule has 12 heteroatoms. The summed E-state index contributed by atoms with van der Waals surface area (Å²) < 4.78 is 13.2. The largest absolute Gasteiger partial charge is 0.493 e. The van der Waals surface area contributed by atoms with Crippen LogP contribution >= 0.6 is 0 Å². The Morgan fingerprint density at radius 2 is 1.79 bits per heavy atom. The molecule has 4 aromatic rings. The van der Waals surface area contributed by atoms with Crippen LogP contribution in [0.5, 0.6) is 11.5 Å². The number of benzene rings is 1. The van der Waals surface area contributed by atoms with Crippen LogP contribution < -0.4 is 20.1 Å². The van der Waals surface area contributed by atoms with E-state index < -0.39 is 0 Å². The van der Waals surface area contributed by atoms with Crippen molar-refractivity contribution < 1.29 is 14.3 Å². The van der Waals surface area contributed by atoms with E-state index in [0.717, 1.165) is 98.7 Å². The van der Waals surface area contributed by atoms with Crippen LogP contribution in [0.15, 0.2) is 49.1 Å². The first-order valence-electron chi connectivity index (χ1n) is 16.9. The van der Waals surface area contributed by atoms with Crippen molar-refractivity contribution in [3.63, 3.8) is 0 Å². The number of carbonyl (C=O) groups is 1. The van der Waals surface area contributed by atoms with Crippen LogP contribution in [-0.4, -0.2) is 100 Å². The van der Waals surface area contributed by atoms with Gasteiger partial charge in [0.25, 0.3) is 0 Å². The van der Waals surface area contributed by atoms with Crippen molar-refractivity contribution >= 4 is 22.8 Å². The van der Waals surface area contributed by atoms with E-state index >= 15 is 0 Å². The number of amides is 1. The fourth-order valence-corrected chi connectivity index (χ4v) is 8.03. The quantitative estimate of drug-likeness (QED) is 0.292. The summed E-state index contributed by atoms with van der Waals surface area (Å²) in [4.78, 5) is 34.5. The Morgan fingerprint density at radius 3 is 2.51 bits per heavy atom. The number of piperazine rings is 1. The summed E-state index contributed by atoms with van der Waals surface area (Å²) in [5.41, 5.74) is 10.2. The van der Waals surface area contributed by atoms with Crippen molar-refractivity contribution in [1.82, 2.24) is 34.5 Å². The summed E-state index contributed by atoms with van der Waals surface area (Å²) in [5, 5.41) is 5.52. The molecule has 2 fully saturated rings. The molecule has 0 radical (unpaired) electrons. The third kappa shape index (κ3) is 5.89. The summed E-state index contributed by atoms with van der Waals surface area (Å²) in [7, 11) is 3.39. The van der Waals surface area contributed by atoms with Crippen LogP contribution in [0.1, 0.15) is 48.9 Å². The second kappa shape index (κ2) is 13.4. The van der Waals surface area contributed by atoms with Gasteiger partial charge in [-0.1, -0.05) is 6.07 Å². The smallest absolute Gasteiger partial charge is 0.225 e. The molecule has 1 saturated heterocycles. The van der Waals surface area contributed by atoms with Crippen molar-refractivity contribution in [1.29, 1.82) is 0 Å². The highest BCUT2D eigenvalue weighted by molar-refractivity contribution is 5.87. The van der Waals surface area contributed by atoms with Crippen molar-refractivity contribution in [3.05, 3.63) is 65.9 Å². The Labute approximate surface area is 275 Å². The van der Waals surface area contributed by atoms with E-state index in [-0.39, 0.29) is 17.4 Å². The first kappa shape index (κ1) is 31.3. The van der Waals surface area contributed by atoms with Gasteiger partial charge in [-0.2, -0.15) is 5.10 Å². The molecule has 7 rings (SSSR count). The van der Waals surface area contributed by atoms with Crippen LogP contribution in [0.4, 0.5) is 5.82 Å². The molecule has 12 nitrogen and oxygen atoms in total. The molecular weight excluding hydrogens is 594 g/mol. The van der Waals surface area contributed by atoms with E-state index in [2.05, 4.69) is 46.9 Å². The maximum atomic E-state index is 13.9. The van der Waals surface area contributed by atoms with Crippen LogP contribution in [0.25, 0.3) is 11.0 Å². The van der Waals surface area contributed by atoms with E-state index in [1.165, 1.54) is 11.1 Å². The number of nitrogens with zero attached hydrogens (tertiary/aromatic N) is 8. The van der Waals surface area contributed by atoms with Crippen LogP contribution in [0.2, 0.25) is 0 Å². The summed E-state index contributed by atoms with van der Waals surface area (Å²) in [5.74, 6) is 2.73. The van der Waals surface area contributed by atoms with Crippen LogP contribution in [-0.2, 0) is 23.3 Å². The predicted molar refractivity (Wildman–Crippen MR) is 180 cm³/mol. The Balaban J connectivity index is 1.02. The van der Waals surface area contributed by atoms with Gasteiger partial charge in [0.05, 0.1) is 38.0 Å². The van der Waals surface area contributed by atoms with Crippen LogP contribution in [0, 0.1) is 5.92 Å². The number of anilines is 1. The highest BCUT2D eigenvalue weighted by atomic mass is 16.5. The van der Waals surface area contributed by atoms with Gasteiger partial charge in [0.1, 0.15) is 12.1 Å². The third-order valence-electron chi connectivity index (χ3n) is 10.5. The second-order valence-corrected chi connectivity index (χ2v) is 12.9. The van der Waals surface area contributed by atoms with Crippen molar-refractivity contribution in [2.24, 2.45) is 11.7 Å². The third-order valence-corrected chi connectivity index (χ3v) is 10.5. The van der Waals surface area contributed by atoms with Gasteiger partial charge in [0, 0.05) is 56.9 Å². The lowest BCUT2D eigenvalue weighted by atomic mass is 9.68. The minimum Gasteiger partial charge on any atom is -0.493 e. The molecule has 2 N–H and O–H groups in total. The number of fused-ring (bicyclic) bond motifs is 3. The number of aromatic nitrogens is 5. The zero-order chi connectivity index (χ0) is 32.4. The van der Waals surface area contributed by atoms with Gasteiger partial charge in [-0.05, 0) is 80.5 Å². The normalized spacial score (nSPS) is 21.6. The topological polar surface area (TPSA) is 128 Å². The number of nitrogens with two attached hydrogens (primary N) is 1. The highest BCUT2D eigenvalue weighted by Gasteiger charge is 2.47. The van der Waals surface area contributed by atoms with Gasteiger partial charge in [-0.25, -0.2) is 14.6 Å². The zero-order valence-corrected chi connectivity index (χ0v) is 27.5. The molecule has 0 bridgehead atoms. The molecule has 3 aromatic heterocycles. The van der Waals surface area contributed by atoms with Crippen molar-refractivity contribution in [3.8, 4) is 11.5 Å². The molecule has 5 heterocycles. The number of ether oxygens (including phenoxy) is 2. The summed E-state index contributed by atoms with van der Waals surface area (Å²) >= 11 is 0. The lowest BCUT2D eigenvalue weighted by Crippen LogP contribution is -2.55. The molecule has 2 aliphatic heterocycles. The molecule has 1 aliphatic carbocycles. The van der Waals surface area contributed by atoms with Crippen molar-refractivity contribution in [2.75, 3.05) is 64.9 Å². The standard InChI is InChI=1S/C35H45N9O3/c1-46-30-20-26-9-15-43(14-5-12-36)35(29(26)21-31(30)47-2)10-7-25(8-11-35)34(45)42-18-16-41(17-19-42)32-28-22-40-44(33(28)39-24-38-32)23-27-6-3-4-13-37-27/h3-4,6,13,20-22,24-25H,5,7-12,14-19,23,36H2,1-2H3. The SMILES string of the molecule is COc1cc2c(cc1OC)C1(CCC(C(=O)N3CCN(c4ncnc5c4cnn5Cc4ccccn4)CC3)CC1)N(CCCN)CC2.